The summed E-state index contributed by atoms with van der Waals surface area (Å²) >= 11 is 1.87. The quantitative estimate of drug-likeness (QED) is 0.177. The minimum Gasteiger partial charge on any atom is -0.310 e. The number of anilines is 3. The van der Waals surface area contributed by atoms with E-state index in [1.807, 2.05) is 11.3 Å². The van der Waals surface area contributed by atoms with E-state index in [0.717, 1.165) is 11.4 Å². The lowest BCUT2D eigenvalue weighted by Gasteiger charge is -2.27. The Labute approximate surface area is 280 Å². The lowest BCUT2D eigenvalue weighted by atomic mass is 9.87. The summed E-state index contributed by atoms with van der Waals surface area (Å²) in [6.07, 6.45) is 0. The van der Waals surface area contributed by atoms with E-state index in [1.165, 1.54) is 90.5 Å². The van der Waals surface area contributed by atoms with E-state index in [0.29, 0.717) is 0 Å². The van der Waals surface area contributed by atoms with Crippen LogP contribution in [0.3, 0.4) is 0 Å². The van der Waals surface area contributed by atoms with Crippen LogP contribution in [0.25, 0.3) is 84.8 Å². The molecule has 0 aliphatic rings. The maximum absolute atomic E-state index is 2.47. The molecule has 0 N–H and O–H groups in total. The molecule has 0 amide bonds. The van der Waals surface area contributed by atoms with Gasteiger partial charge in [-0.3, -0.25) is 0 Å². The molecule has 0 radical (unpaired) electrons. The molecular weight excluding hydrogens is 599 g/mol. The largest absolute Gasteiger partial charge is 0.310 e. The van der Waals surface area contributed by atoms with Gasteiger partial charge in [-0.15, -0.1) is 11.3 Å². The van der Waals surface area contributed by atoms with Crippen LogP contribution < -0.4 is 4.90 Å². The van der Waals surface area contributed by atoms with Crippen molar-refractivity contribution in [1.29, 1.82) is 0 Å². The molecule has 1 aromatic heterocycles. The standard InChI is InChI=1S/C46H27NS/c1-2-13-32(14-3-1)47(39-19-9-21-41-46(39)37-15-4-5-20-40(37)48-41)33-26-31-25-24-30-11-7-17-35-34-16-6-10-28-22-23-29-12-8-18-36(44(29)42(28)34)38(27-33)45(31)43(30)35/h1-27H. The van der Waals surface area contributed by atoms with Crippen LogP contribution in [0.4, 0.5) is 17.1 Å². The molecule has 1 heterocycles. The van der Waals surface area contributed by atoms with Gasteiger partial charge < -0.3 is 4.90 Å². The second kappa shape index (κ2) is 9.78. The third kappa shape index (κ3) is 3.55. The van der Waals surface area contributed by atoms with Crippen molar-refractivity contribution in [2.75, 3.05) is 4.90 Å². The second-order valence-corrected chi connectivity index (χ2v) is 13.9. The van der Waals surface area contributed by atoms with E-state index in [1.54, 1.807) is 0 Å². The van der Waals surface area contributed by atoms with Crippen molar-refractivity contribution in [3.8, 4) is 0 Å². The average Bonchev–Trinajstić information content (AvgIpc) is 3.53. The zero-order valence-electron chi connectivity index (χ0n) is 25.9. The molecule has 0 aliphatic heterocycles. The van der Waals surface area contributed by atoms with Gasteiger partial charge in [0.15, 0.2) is 0 Å². The second-order valence-electron chi connectivity index (χ2n) is 12.9. The summed E-state index contributed by atoms with van der Waals surface area (Å²) < 4.78 is 2.61. The molecular formula is C46H27NS. The first-order valence-corrected chi connectivity index (χ1v) is 17.3. The molecule has 0 atom stereocenters. The Morgan fingerprint density at radius 3 is 1.52 bits per heavy atom. The lowest BCUT2D eigenvalue weighted by molar-refractivity contribution is 1.31. The fraction of sp³-hybridized carbons (Fsp3) is 0. The first-order chi connectivity index (χ1) is 23.8. The maximum atomic E-state index is 2.47. The smallest absolute Gasteiger partial charge is 0.0554 e. The lowest BCUT2D eigenvalue weighted by Crippen LogP contribution is -2.10. The molecule has 0 spiro atoms. The molecule has 0 aliphatic carbocycles. The Kier molecular flexibility index (Phi) is 5.32. The van der Waals surface area contributed by atoms with E-state index < -0.39 is 0 Å². The fourth-order valence-electron chi connectivity index (χ4n) is 8.34. The molecule has 0 saturated carbocycles. The Bertz CT molecular complexity index is 3060. The highest BCUT2D eigenvalue weighted by molar-refractivity contribution is 7.26. The van der Waals surface area contributed by atoms with Gasteiger partial charge >= 0.3 is 0 Å². The summed E-state index contributed by atoms with van der Waals surface area (Å²) in [7, 11) is 0. The maximum Gasteiger partial charge on any atom is 0.0554 e. The van der Waals surface area contributed by atoms with Gasteiger partial charge in [0.1, 0.15) is 0 Å². The highest BCUT2D eigenvalue weighted by Gasteiger charge is 2.21. The SMILES string of the molecule is c1ccc(N(c2cc3ccc4cccc5c6cccc7ccc8cccc(c(c2)c3c45)c8c76)c2cccc3sc4ccccc4c23)cc1. The van der Waals surface area contributed by atoms with E-state index in [2.05, 4.69) is 169 Å². The predicted octanol–water partition coefficient (Wildman–Crippen LogP) is 13.9. The zero-order valence-corrected chi connectivity index (χ0v) is 26.8. The van der Waals surface area contributed by atoms with Gasteiger partial charge in [-0.05, 0) is 107 Å². The summed E-state index contributed by atoms with van der Waals surface area (Å²) in [6, 6.07) is 60.9. The van der Waals surface area contributed by atoms with Gasteiger partial charge in [-0.2, -0.15) is 0 Å². The highest BCUT2D eigenvalue weighted by Crippen LogP contribution is 2.48. The van der Waals surface area contributed by atoms with Crippen molar-refractivity contribution >= 4 is 113 Å². The van der Waals surface area contributed by atoms with Crippen molar-refractivity contribution in [1.82, 2.24) is 0 Å². The van der Waals surface area contributed by atoms with Crippen molar-refractivity contribution in [3.63, 3.8) is 0 Å². The van der Waals surface area contributed by atoms with Gasteiger partial charge in [-0.1, -0.05) is 121 Å². The number of rotatable bonds is 3. The monoisotopic (exact) mass is 625 g/mol. The third-order valence-electron chi connectivity index (χ3n) is 10.3. The molecule has 2 heteroatoms. The number of hydrogen-bond acceptors (Lipinski definition) is 2. The molecule has 0 unspecified atom stereocenters. The molecule has 11 rings (SSSR count). The molecule has 10 aromatic carbocycles. The summed E-state index contributed by atoms with van der Waals surface area (Å²) in [6.45, 7) is 0. The van der Waals surface area contributed by atoms with E-state index in [9.17, 15) is 0 Å². The average molecular weight is 626 g/mol. The predicted molar refractivity (Wildman–Crippen MR) is 210 cm³/mol. The molecule has 222 valence electrons. The van der Waals surface area contributed by atoms with Crippen LogP contribution in [0.2, 0.25) is 0 Å². The first-order valence-electron chi connectivity index (χ1n) is 16.5. The van der Waals surface area contributed by atoms with Crippen LogP contribution in [-0.4, -0.2) is 0 Å². The summed E-state index contributed by atoms with van der Waals surface area (Å²) in [4.78, 5) is 2.47. The molecule has 11 aromatic rings. The highest BCUT2D eigenvalue weighted by atomic mass is 32.1. The van der Waals surface area contributed by atoms with Gasteiger partial charge in [-0.25, -0.2) is 0 Å². The Hall–Kier alpha value is -5.96. The normalized spacial score (nSPS) is 12.2. The van der Waals surface area contributed by atoms with Crippen molar-refractivity contribution in [3.05, 3.63) is 164 Å². The zero-order chi connectivity index (χ0) is 31.3. The van der Waals surface area contributed by atoms with Crippen LogP contribution in [0, 0.1) is 0 Å². The van der Waals surface area contributed by atoms with E-state index in [-0.39, 0.29) is 0 Å². The van der Waals surface area contributed by atoms with Gasteiger partial charge in [0.25, 0.3) is 0 Å². The van der Waals surface area contributed by atoms with Crippen LogP contribution in [0.5, 0.6) is 0 Å². The summed E-state index contributed by atoms with van der Waals surface area (Å²) in [5.41, 5.74) is 3.49. The number of fused-ring (bicyclic) bond motifs is 5. The summed E-state index contributed by atoms with van der Waals surface area (Å²) in [5.74, 6) is 0. The molecule has 1 nitrogen and oxygen atoms in total. The third-order valence-corrected chi connectivity index (χ3v) is 11.4. The van der Waals surface area contributed by atoms with E-state index >= 15 is 0 Å². The Balaban J connectivity index is 1.36. The molecule has 48 heavy (non-hydrogen) atoms. The van der Waals surface area contributed by atoms with Crippen LogP contribution in [0.1, 0.15) is 0 Å². The van der Waals surface area contributed by atoms with Gasteiger partial charge in [0, 0.05) is 31.5 Å². The van der Waals surface area contributed by atoms with Crippen LogP contribution in [0.15, 0.2) is 164 Å². The van der Waals surface area contributed by atoms with Gasteiger partial charge in [0.05, 0.1) is 5.69 Å². The minimum absolute atomic E-state index is 1.14. The number of para-hydroxylation sites is 1. The van der Waals surface area contributed by atoms with Crippen molar-refractivity contribution in [2.45, 2.75) is 0 Å². The van der Waals surface area contributed by atoms with Crippen molar-refractivity contribution in [2.24, 2.45) is 0 Å². The first kappa shape index (κ1) is 26.1. The molecule has 0 bridgehead atoms. The topological polar surface area (TPSA) is 3.24 Å². The summed E-state index contributed by atoms with van der Waals surface area (Å²) in [5, 5.41) is 18.1. The number of hydrogen-bond donors (Lipinski definition) is 0. The number of thiophene rings is 1. The van der Waals surface area contributed by atoms with Gasteiger partial charge in [0.2, 0.25) is 0 Å². The number of benzene rings is 9. The number of nitrogens with zero attached hydrogens (tertiary/aromatic N) is 1. The fourth-order valence-corrected chi connectivity index (χ4v) is 9.47. The Morgan fingerprint density at radius 1 is 0.312 bits per heavy atom. The Morgan fingerprint density at radius 2 is 0.833 bits per heavy atom. The van der Waals surface area contributed by atoms with Crippen LogP contribution in [-0.2, 0) is 0 Å². The van der Waals surface area contributed by atoms with E-state index in [4.69, 9.17) is 0 Å². The van der Waals surface area contributed by atoms with Crippen LogP contribution >= 0.6 is 11.3 Å². The minimum atomic E-state index is 1.14. The molecule has 0 fully saturated rings. The molecule has 0 saturated heterocycles. The van der Waals surface area contributed by atoms with Crippen molar-refractivity contribution < 1.29 is 0 Å².